The van der Waals surface area contributed by atoms with E-state index in [0.717, 1.165) is 11.7 Å². The Labute approximate surface area is 166 Å². The highest BCUT2D eigenvalue weighted by atomic mass is 127. The molecule has 1 aromatic carbocycles. The molecule has 0 aliphatic rings. The molecule has 1 rings (SSSR count). The second-order valence-electron chi connectivity index (χ2n) is 5.24. The monoisotopic (exact) mass is 468 g/mol. The predicted octanol–water partition coefficient (Wildman–Crippen LogP) is 2.32. The van der Waals surface area contributed by atoms with Crippen molar-refractivity contribution in [1.82, 2.24) is 15.1 Å². The normalized spacial score (nSPS) is 10.6. The van der Waals surface area contributed by atoms with Gasteiger partial charge in [0.2, 0.25) is 5.91 Å². The molecule has 6 nitrogen and oxygen atoms in total. The first-order valence-corrected chi connectivity index (χ1v) is 7.82. The Bertz CT molecular complexity index is 523. The molecule has 1 N–H and O–H groups in total. The number of amides is 1. The maximum absolute atomic E-state index is 11.5. The van der Waals surface area contributed by atoms with Gasteiger partial charge >= 0.3 is 0 Å². The lowest BCUT2D eigenvalue weighted by Crippen LogP contribution is -2.42. The van der Waals surface area contributed by atoms with E-state index in [1.54, 1.807) is 38.2 Å². The average Bonchev–Trinajstić information content (AvgIpc) is 2.53. The molecule has 0 aliphatic carbocycles. The lowest BCUT2D eigenvalue weighted by Gasteiger charge is -2.22. The van der Waals surface area contributed by atoms with Gasteiger partial charge in [0.25, 0.3) is 0 Å². The SMILES string of the molecule is CN=C(NCCC(=O)N(C)C)N(C)CCOc1ccc(Cl)cc1.I. The lowest BCUT2D eigenvalue weighted by atomic mass is 10.3. The molecule has 0 spiro atoms. The largest absolute Gasteiger partial charge is 0.492 e. The molecule has 0 radical (unpaired) electrons. The summed E-state index contributed by atoms with van der Waals surface area (Å²) in [5.41, 5.74) is 0. The minimum atomic E-state index is 0. The first kappa shape index (κ1) is 22.8. The van der Waals surface area contributed by atoms with Gasteiger partial charge in [0.05, 0.1) is 6.54 Å². The van der Waals surface area contributed by atoms with Crippen molar-refractivity contribution in [1.29, 1.82) is 0 Å². The van der Waals surface area contributed by atoms with E-state index in [9.17, 15) is 4.79 Å². The number of carbonyl (C=O) groups is 1. The zero-order valence-electron chi connectivity index (χ0n) is 14.6. The predicted molar refractivity (Wildman–Crippen MR) is 110 cm³/mol. The van der Waals surface area contributed by atoms with Crippen molar-refractivity contribution in [2.45, 2.75) is 6.42 Å². The lowest BCUT2D eigenvalue weighted by molar-refractivity contribution is -0.128. The third-order valence-corrected chi connectivity index (χ3v) is 3.46. The number of nitrogens with zero attached hydrogens (tertiary/aromatic N) is 3. The maximum atomic E-state index is 11.5. The van der Waals surface area contributed by atoms with Crippen LogP contribution >= 0.6 is 35.6 Å². The summed E-state index contributed by atoms with van der Waals surface area (Å²) in [5, 5.41) is 3.85. The van der Waals surface area contributed by atoms with Crippen molar-refractivity contribution in [3.05, 3.63) is 29.3 Å². The molecule has 0 unspecified atom stereocenters. The van der Waals surface area contributed by atoms with Gasteiger partial charge in [-0.3, -0.25) is 9.79 Å². The van der Waals surface area contributed by atoms with Crippen LogP contribution in [0.1, 0.15) is 6.42 Å². The zero-order valence-corrected chi connectivity index (χ0v) is 17.7. The third kappa shape index (κ3) is 8.58. The Morgan fingerprint density at radius 3 is 2.42 bits per heavy atom. The number of benzene rings is 1. The number of halogens is 2. The van der Waals surface area contributed by atoms with Crippen molar-refractivity contribution in [2.24, 2.45) is 4.99 Å². The molecule has 0 fully saturated rings. The standard InChI is InChI=1S/C16H25ClN4O2.HI/c1-18-16(19-10-9-15(22)20(2)3)21(4)11-12-23-14-7-5-13(17)6-8-14;/h5-8H,9-12H2,1-4H3,(H,18,19);1H. The molecular weight excluding hydrogens is 443 g/mol. The highest BCUT2D eigenvalue weighted by Crippen LogP contribution is 2.15. The first-order chi connectivity index (χ1) is 10.9. The summed E-state index contributed by atoms with van der Waals surface area (Å²) < 4.78 is 5.66. The summed E-state index contributed by atoms with van der Waals surface area (Å²) in [5.74, 6) is 1.60. The molecule has 1 amide bonds. The Balaban J connectivity index is 0.00000529. The van der Waals surface area contributed by atoms with E-state index in [0.29, 0.717) is 31.1 Å². The van der Waals surface area contributed by atoms with E-state index in [-0.39, 0.29) is 29.9 Å². The first-order valence-electron chi connectivity index (χ1n) is 7.44. The van der Waals surface area contributed by atoms with Crippen LogP contribution < -0.4 is 10.1 Å². The number of hydrogen-bond acceptors (Lipinski definition) is 3. The summed E-state index contributed by atoms with van der Waals surface area (Å²) in [7, 11) is 7.13. The Hall–Kier alpha value is -1.22. The molecule has 0 aromatic heterocycles. The quantitative estimate of drug-likeness (QED) is 0.379. The van der Waals surface area contributed by atoms with Crippen LogP contribution in [0.15, 0.2) is 29.3 Å². The van der Waals surface area contributed by atoms with Gasteiger partial charge in [0, 0.05) is 46.2 Å². The summed E-state index contributed by atoms with van der Waals surface area (Å²) >= 11 is 5.83. The molecule has 0 atom stereocenters. The number of ether oxygens (including phenoxy) is 1. The average molecular weight is 469 g/mol. The van der Waals surface area contributed by atoms with E-state index in [2.05, 4.69) is 10.3 Å². The van der Waals surface area contributed by atoms with Crippen molar-refractivity contribution < 1.29 is 9.53 Å². The van der Waals surface area contributed by atoms with Gasteiger partial charge in [-0.1, -0.05) is 11.6 Å². The molecule has 0 aliphatic heterocycles. The number of guanidine groups is 1. The van der Waals surface area contributed by atoms with Gasteiger partial charge in [-0.2, -0.15) is 0 Å². The third-order valence-electron chi connectivity index (χ3n) is 3.20. The number of likely N-dealkylation sites (N-methyl/N-ethyl adjacent to an activating group) is 1. The van der Waals surface area contributed by atoms with Crippen LogP contribution in [0.4, 0.5) is 0 Å². The maximum Gasteiger partial charge on any atom is 0.223 e. The molecule has 0 heterocycles. The number of nitrogens with one attached hydrogen (secondary N) is 1. The molecule has 0 bridgehead atoms. The van der Waals surface area contributed by atoms with Crippen LogP contribution in [-0.4, -0.2) is 69.6 Å². The molecule has 1 aromatic rings. The second-order valence-corrected chi connectivity index (χ2v) is 5.67. The minimum Gasteiger partial charge on any atom is -0.492 e. The summed E-state index contributed by atoms with van der Waals surface area (Å²) in [6, 6.07) is 7.26. The number of carbonyl (C=O) groups excluding carboxylic acids is 1. The summed E-state index contributed by atoms with van der Waals surface area (Å²) in [4.78, 5) is 19.3. The fourth-order valence-corrected chi connectivity index (χ4v) is 1.95. The van der Waals surface area contributed by atoms with Crippen molar-refractivity contribution in [3.8, 4) is 5.75 Å². The topological polar surface area (TPSA) is 57.2 Å². The summed E-state index contributed by atoms with van der Waals surface area (Å²) in [6.07, 6.45) is 0.432. The number of aliphatic imine (C=N–C) groups is 1. The van der Waals surface area contributed by atoms with Crippen LogP contribution in [0, 0.1) is 0 Å². The number of rotatable bonds is 7. The highest BCUT2D eigenvalue weighted by Gasteiger charge is 2.08. The van der Waals surface area contributed by atoms with E-state index >= 15 is 0 Å². The van der Waals surface area contributed by atoms with E-state index in [4.69, 9.17) is 16.3 Å². The summed E-state index contributed by atoms with van der Waals surface area (Å²) in [6.45, 7) is 1.74. The Morgan fingerprint density at radius 1 is 1.25 bits per heavy atom. The van der Waals surface area contributed by atoms with Crippen LogP contribution in [0.3, 0.4) is 0 Å². The van der Waals surface area contributed by atoms with Crippen molar-refractivity contribution >= 4 is 47.4 Å². The second kappa shape index (κ2) is 12.2. The molecular formula is C16H26ClIN4O2. The minimum absolute atomic E-state index is 0. The smallest absolute Gasteiger partial charge is 0.223 e. The molecule has 0 saturated carbocycles. The van der Waals surface area contributed by atoms with Gasteiger partial charge in [0.15, 0.2) is 5.96 Å². The van der Waals surface area contributed by atoms with Crippen molar-refractivity contribution in [3.63, 3.8) is 0 Å². The molecule has 136 valence electrons. The van der Waals surface area contributed by atoms with Crippen LogP contribution in [0.5, 0.6) is 5.75 Å². The molecule has 24 heavy (non-hydrogen) atoms. The molecule has 0 saturated heterocycles. The van der Waals surface area contributed by atoms with E-state index in [1.165, 1.54) is 0 Å². The Kier molecular flexibility index (Phi) is 11.6. The van der Waals surface area contributed by atoms with Gasteiger partial charge < -0.3 is 19.9 Å². The fourth-order valence-electron chi connectivity index (χ4n) is 1.83. The van der Waals surface area contributed by atoms with Gasteiger partial charge in [-0.15, -0.1) is 24.0 Å². The van der Waals surface area contributed by atoms with Crippen molar-refractivity contribution in [2.75, 3.05) is 47.9 Å². The zero-order chi connectivity index (χ0) is 17.2. The number of hydrogen-bond donors (Lipinski definition) is 1. The van der Waals surface area contributed by atoms with Crippen LogP contribution in [0.25, 0.3) is 0 Å². The van der Waals surface area contributed by atoms with Gasteiger partial charge in [-0.05, 0) is 24.3 Å². The molecule has 8 heteroatoms. The van der Waals surface area contributed by atoms with Gasteiger partial charge in [0.1, 0.15) is 12.4 Å². The Morgan fingerprint density at radius 2 is 1.88 bits per heavy atom. The van der Waals surface area contributed by atoms with E-state index < -0.39 is 0 Å². The van der Waals surface area contributed by atoms with Crippen LogP contribution in [0.2, 0.25) is 5.02 Å². The van der Waals surface area contributed by atoms with Crippen LogP contribution in [-0.2, 0) is 4.79 Å². The highest BCUT2D eigenvalue weighted by molar-refractivity contribution is 14.0. The van der Waals surface area contributed by atoms with Gasteiger partial charge in [-0.25, -0.2) is 0 Å². The fraction of sp³-hybridized carbons (Fsp3) is 0.500. The van der Waals surface area contributed by atoms with E-state index in [1.807, 2.05) is 24.1 Å².